The molecular formula is C18H20N2O2S. The third-order valence-electron chi connectivity index (χ3n) is 3.56. The number of anilines is 1. The van der Waals surface area contributed by atoms with Crippen LogP contribution in [0.4, 0.5) is 5.69 Å². The minimum atomic E-state index is 0.00844. The third kappa shape index (κ3) is 4.74. The molecular weight excluding hydrogens is 308 g/mol. The topological polar surface area (TPSA) is 50.4 Å². The van der Waals surface area contributed by atoms with E-state index in [1.54, 1.807) is 0 Å². The highest BCUT2D eigenvalue weighted by atomic mass is 32.2. The first-order chi connectivity index (χ1) is 11.3. The first-order valence-electron chi connectivity index (χ1n) is 7.74. The van der Waals surface area contributed by atoms with Gasteiger partial charge < -0.3 is 15.4 Å². The van der Waals surface area contributed by atoms with Crippen LogP contribution in [0.2, 0.25) is 0 Å². The van der Waals surface area contributed by atoms with Gasteiger partial charge in [-0.25, -0.2) is 0 Å². The Bertz CT molecular complexity index is 642. The largest absolute Gasteiger partial charge is 0.455 e. The molecule has 1 unspecified atom stereocenters. The summed E-state index contributed by atoms with van der Waals surface area (Å²) < 4.78 is 5.87. The van der Waals surface area contributed by atoms with Crippen molar-refractivity contribution in [3.05, 3.63) is 54.6 Å². The molecule has 120 valence electrons. The summed E-state index contributed by atoms with van der Waals surface area (Å²) in [7, 11) is 0. The van der Waals surface area contributed by atoms with Crippen molar-refractivity contribution >= 4 is 23.4 Å². The van der Waals surface area contributed by atoms with Crippen molar-refractivity contribution in [2.24, 2.45) is 0 Å². The Balaban J connectivity index is 1.64. The molecule has 2 aromatic rings. The molecule has 0 aliphatic carbocycles. The quantitative estimate of drug-likeness (QED) is 0.882. The van der Waals surface area contributed by atoms with E-state index >= 15 is 0 Å². The zero-order chi connectivity index (χ0) is 15.9. The molecule has 0 radical (unpaired) electrons. The molecule has 4 nitrogen and oxygen atoms in total. The van der Waals surface area contributed by atoms with E-state index in [-0.39, 0.29) is 11.9 Å². The number of carbonyl (C=O) groups is 1. The van der Waals surface area contributed by atoms with Crippen molar-refractivity contribution in [3.8, 4) is 11.5 Å². The number of carbonyl (C=O) groups excluding carboxylic acids is 1. The highest BCUT2D eigenvalue weighted by molar-refractivity contribution is 7.99. The van der Waals surface area contributed by atoms with E-state index in [9.17, 15) is 4.79 Å². The summed E-state index contributed by atoms with van der Waals surface area (Å²) in [6, 6.07) is 17.3. The molecule has 5 heteroatoms. The van der Waals surface area contributed by atoms with Crippen molar-refractivity contribution in [1.29, 1.82) is 0 Å². The standard InChI is InChI=1S/C18H20N2O2S/c21-18(12-14-13-23-11-10-19-14)20-16-8-4-5-9-17(16)22-15-6-2-1-3-7-15/h1-9,14,19H,10-13H2,(H,20,21). The maximum atomic E-state index is 12.3. The van der Waals surface area contributed by atoms with Gasteiger partial charge in [-0.2, -0.15) is 11.8 Å². The number of rotatable bonds is 5. The first kappa shape index (κ1) is 15.9. The summed E-state index contributed by atoms with van der Waals surface area (Å²) in [5.41, 5.74) is 0.699. The molecule has 0 bridgehead atoms. The minimum absolute atomic E-state index is 0.00844. The predicted molar refractivity (Wildman–Crippen MR) is 95.3 cm³/mol. The average molecular weight is 328 g/mol. The number of hydrogen-bond donors (Lipinski definition) is 2. The fourth-order valence-electron chi connectivity index (χ4n) is 2.45. The molecule has 23 heavy (non-hydrogen) atoms. The summed E-state index contributed by atoms with van der Waals surface area (Å²) in [5, 5.41) is 6.34. The predicted octanol–water partition coefficient (Wildman–Crippen LogP) is 3.51. The average Bonchev–Trinajstić information content (AvgIpc) is 2.58. The number of amides is 1. The number of nitrogens with one attached hydrogen (secondary N) is 2. The molecule has 0 aromatic heterocycles. The summed E-state index contributed by atoms with van der Waals surface area (Å²) in [5.74, 6) is 3.51. The Hall–Kier alpha value is -1.98. The minimum Gasteiger partial charge on any atom is -0.455 e. The van der Waals surface area contributed by atoms with E-state index in [0.29, 0.717) is 17.9 Å². The van der Waals surface area contributed by atoms with Gasteiger partial charge in [-0.05, 0) is 24.3 Å². The Morgan fingerprint density at radius 3 is 2.74 bits per heavy atom. The van der Waals surface area contributed by atoms with E-state index < -0.39 is 0 Å². The fraction of sp³-hybridized carbons (Fsp3) is 0.278. The number of benzene rings is 2. The lowest BCUT2D eigenvalue weighted by Gasteiger charge is -2.22. The lowest BCUT2D eigenvalue weighted by molar-refractivity contribution is -0.116. The monoisotopic (exact) mass is 328 g/mol. The number of ether oxygens (including phenoxy) is 1. The van der Waals surface area contributed by atoms with Crippen molar-refractivity contribution in [2.75, 3.05) is 23.4 Å². The van der Waals surface area contributed by atoms with Gasteiger partial charge in [0.25, 0.3) is 0 Å². The van der Waals surface area contributed by atoms with Crippen LogP contribution in [-0.4, -0.2) is 30.0 Å². The highest BCUT2D eigenvalue weighted by Gasteiger charge is 2.17. The number of thioether (sulfide) groups is 1. The molecule has 1 aliphatic rings. The number of hydrogen-bond acceptors (Lipinski definition) is 4. The van der Waals surface area contributed by atoms with Gasteiger partial charge in [-0.1, -0.05) is 30.3 Å². The maximum Gasteiger partial charge on any atom is 0.226 e. The smallest absolute Gasteiger partial charge is 0.226 e. The van der Waals surface area contributed by atoms with E-state index in [1.807, 2.05) is 66.4 Å². The molecule has 1 amide bonds. The van der Waals surface area contributed by atoms with Crippen molar-refractivity contribution in [1.82, 2.24) is 5.32 Å². The Morgan fingerprint density at radius 1 is 1.17 bits per heavy atom. The van der Waals surface area contributed by atoms with Crippen molar-refractivity contribution in [3.63, 3.8) is 0 Å². The van der Waals surface area contributed by atoms with Crippen molar-refractivity contribution < 1.29 is 9.53 Å². The summed E-state index contributed by atoms with van der Waals surface area (Å²) in [6.45, 7) is 0.969. The molecule has 3 rings (SSSR count). The molecule has 0 spiro atoms. The van der Waals surface area contributed by atoms with E-state index in [1.165, 1.54) is 0 Å². The second-order valence-electron chi connectivity index (χ2n) is 5.39. The van der Waals surface area contributed by atoms with Crippen LogP contribution in [0.3, 0.4) is 0 Å². The molecule has 1 atom stereocenters. The van der Waals surface area contributed by atoms with E-state index in [0.717, 1.165) is 23.8 Å². The third-order valence-corrected chi connectivity index (χ3v) is 4.69. The highest BCUT2D eigenvalue weighted by Crippen LogP contribution is 2.29. The van der Waals surface area contributed by atoms with Crippen LogP contribution in [0.15, 0.2) is 54.6 Å². The zero-order valence-electron chi connectivity index (χ0n) is 12.8. The van der Waals surface area contributed by atoms with Crippen LogP contribution in [0.5, 0.6) is 11.5 Å². The molecule has 1 heterocycles. The van der Waals surface area contributed by atoms with Gasteiger partial charge in [0.05, 0.1) is 5.69 Å². The molecule has 1 saturated heterocycles. The van der Waals surface area contributed by atoms with Crippen LogP contribution in [-0.2, 0) is 4.79 Å². The van der Waals surface area contributed by atoms with Gasteiger partial charge in [0.2, 0.25) is 5.91 Å². The summed E-state index contributed by atoms with van der Waals surface area (Å²) in [6.07, 6.45) is 0.479. The molecule has 0 saturated carbocycles. The van der Waals surface area contributed by atoms with E-state index in [2.05, 4.69) is 10.6 Å². The zero-order valence-corrected chi connectivity index (χ0v) is 13.6. The SMILES string of the molecule is O=C(CC1CSCCN1)Nc1ccccc1Oc1ccccc1. The molecule has 2 N–H and O–H groups in total. The number of para-hydroxylation sites is 3. The second-order valence-corrected chi connectivity index (χ2v) is 6.54. The Labute approximate surface area is 140 Å². The van der Waals surface area contributed by atoms with Crippen molar-refractivity contribution in [2.45, 2.75) is 12.5 Å². The summed E-state index contributed by atoms with van der Waals surface area (Å²) >= 11 is 1.89. The van der Waals surface area contributed by atoms with E-state index in [4.69, 9.17) is 4.74 Å². The lowest BCUT2D eigenvalue weighted by Crippen LogP contribution is -2.39. The maximum absolute atomic E-state index is 12.3. The first-order valence-corrected chi connectivity index (χ1v) is 8.89. The van der Waals surface area contributed by atoms with Gasteiger partial charge in [0, 0.05) is 30.5 Å². The van der Waals surface area contributed by atoms with Crippen LogP contribution in [0.1, 0.15) is 6.42 Å². The van der Waals surface area contributed by atoms with Crippen LogP contribution in [0.25, 0.3) is 0 Å². The van der Waals surface area contributed by atoms with Gasteiger partial charge in [0.1, 0.15) is 5.75 Å². The second kappa shape index (κ2) is 8.04. The van der Waals surface area contributed by atoms with Gasteiger partial charge in [0.15, 0.2) is 5.75 Å². The Kier molecular flexibility index (Phi) is 5.56. The van der Waals surface area contributed by atoms with Gasteiger partial charge in [-0.15, -0.1) is 0 Å². The van der Waals surface area contributed by atoms with Gasteiger partial charge >= 0.3 is 0 Å². The van der Waals surface area contributed by atoms with Crippen LogP contribution < -0.4 is 15.4 Å². The molecule has 1 aliphatic heterocycles. The summed E-state index contributed by atoms with van der Waals surface area (Å²) in [4.78, 5) is 12.3. The molecule has 2 aromatic carbocycles. The Morgan fingerprint density at radius 2 is 1.96 bits per heavy atom. The molecule has 1 fully saturated rings. The lowest BCUT2D eigenvalue weighted by atomic mass is 10.2. The van der Waals surface area contributed by atoms with Gasteiger partial charge in [-0.3, -0.25) is 4.79 Å². The van der Waals surface area contributed by atoms with Crippen LogP contribution >= 0.6 is 11.8 Å². The van der Waals surface area contributed by atoms with Crippen LogP contribution in [0, 0.1) is 0 Å². The fourth-order valence-corrected chi connectivity index (χ4v) is 3.40. The normalized spacial score (nSPS) is 17.5.